The Morgan fingerprint density at radius 3 is 0.970 bits per heavy atom. The number of hydrogen-bond donors (Lipinski definition) is 0. The van der Waals surface area contributed by atoms with Crippen LogP contribution in [0.4, 0.5) is 0 Å². The molecule has 0 aliphatic carbocycles. The van der Waals surface area contributed by atoms with Crippen molar-refractivity contribution in [2.24, 2.45) is 0 Å². The molecule has 66 heavy (non-hydrogen) atoms. The molecule has 0 fully saturated rings. The lowest BCUT2D eigenvalue weighted by molar-refractivity contribution is 1.18. The Bertz CT molecular complexity index is 3290. The molecule has 0 unspecified atom stereocenters. The Morgan fingerprint density at radius 2 is 0.500 bits per heavy atom. The summed E-state index contributed by atoms with van der Waals surface area (Å²) in [7, 11) is 0. The fraction of sp³-hybridized carbons (Fsp3) is 0. The first kappa shape index (κ1) is 40.0. The number of hydrogen-bond acceptors (Lipinski definition) is 3. The van der Waals surface area contributed by atoms with Gasteiger partial charge in [-0.2, -0.15) is 0 Å². The van der Waals surface area contributed by atoms with Crippen LogP contribution in [0.25, 0.3) is 112 Å². The highest BCUT2D eigenvalue weighted by molar-refractivity contribution is 6.05. The lowest BCUT2D eigenvalue weighted by atomic mass is 9.83. The first-order valence-electron chi connectivity index (χ1n) is 22.3. The van der Waals surface area contributed by atoms with E-state index in [1.54, 1.807) is 0 Å². The summed E-state index contributed by atoms with van der Waals surface area (Å²) in [5.41, 5.74) is 20.1. The van der Waals surface area contributed by atoms with E-state index in [1.807, 2.05) is 24.3 Å². The quantitative estimate of drug-likeness (QED) is 0.138. The number of pyridine rings is 1. The third-order valence-corrected chi connectivity index (χ3v) is 12.1. The first-order chi connectivity index (χ1) is 32.7. The minimum atomic E-state index is 0.694. The second-order valence-electron chi connectivity index (χ2n) is 16.3. The molecule has 11 aromatic rings. The van der Waals surface area contributed by atoms with E-state index in [1.165, 1.54) is 5.56 Å². The molecule has 0 saturated carbocycles. The number of aromatic nitrogens is 3. The van der Waals surface area contributed by atoms with E-state index in [-0.39, 0.29) is 0 Å². The molecule has 310 valence electrons. The summed E-state index contributed by atoms with van der Waals surface area (Å²) in [5, 5.41) is 0. The average molecular weight is 842 g/mol. The molecule has 0 aliphatic rings. The van der Waals surface area contributed by atoms with Crippen LogP contribution in [0.1, 0.15) is 0 Å². The predicted octanol–water partition coefficient (Wildman–Crippen LogP) is 16.5. The molecule has 11 rings (SSSR count). The lowest BCUT2D eigenvalue weighted by Crippen LogP contribution is -2.01. The maximum Gasteiger partial charge on any atom is 0.160 e. The van der Waals surface area contributed by atoms with Crippen LogP contribution in [0, 0.1) is 0 Å². The van der Waals surface area contributed by atoms with Gasteiger partial charge < -0.3 is 0 Å². The van der Waals surface area contributed by atoms with Gasteiger partial charge in [-0.05, 0) is 51.1 Å². The molecule has 0 saturated heterocycles. The smallest absolute Gasteiger partial charge is 0.160 e. The van der Waals surface area contributed by atoms with Gasteiger partial charge in [-0.15, -0.1) is 0 Å². The van der Waals surface area contributed by atoms with Gasteiger partial charge in [0.25, 0.3) is 0 Å². The second kappa shape index (κ2) is 18.1. The van der Waals surface area contributed by atoms with Gasteiger partial charge in [0.05, 0.1) is 22.8 Å². The zero-order chi connectivity index (χ0) is 44.1. The highest BCUT2D eigenvalue weighted by Gasteiger charge is 2.25. The van der Waals surface area contributed by atoms with Crippen molar-refractivity contribution in [2.75, 3.05) is 0 Å². The fourth-order valence-corrected chi connectivity index (χ4v) is 8.87. The normalized spacial score (nSPS) is 11.0. The zero-order valence-corrected chi connectivity index (χ0v) is 36.2. The monoisotopic (exact) mass is 841 g/mol. The Labute approximate surface area is 386 Å². The summed E-state index contributed by atoms with van der Waals surface area (Å²) in [6.07, 6.45) is 0. The van der Waals surface area contributed by atoms with Crippen LogP contribution in [0.2, 0.25) is 0 Å². The van der Waals surface area contributed by atoms with Crippen molar-refractivity contribution in [3.63, 3.8) is 0 Å². The maximum atomic E-state index is 5.60. The third-order valence-electron chi connectivity index (χ3n) is 12.1. The van der Waals surface area contributed by atoms with E-state index in [4.69, 9.17) is 15.0 Å². The average Bonchev–Trinajstić information content (AvgIpc) is 3.42. The van der Waals surface area contributed by atoms with E-state index in [0.29, 0.717) is 5.82 Å². The minimum absolute atomic E-state index is 0.694. The van der Waals surface area contributed by atoms with Gasteiger partial charge in [-0.1, -0.05) is 249 Å². The molecule has 0 radical (unpaired) electrons. The summed E-state index contributed by atoms with van der Waals surface area (Å²) in [6, 6.07) is 91.7. The minimum Gasteiger partial charge on any atom is -0.246 e. The zero-order valence-electron chi connectivity index (χ0n) is 36.2. The van der Waals surface area contributed by atoms with Crippen molar-refractivity contribution in [1.82, 2.24) is 15.0 Å². The largest absolute Gasteiger partial charge is 0.246 e. The van der Waals surface area contributed by atoms with Crippen LogP contribution in [-0.2, 0) is 0 Å². The number of rotatable bonds is 10. The molecule has 0 N–H and O–H groups in total. The van der Waals surface area contributed by atoms with E-state index in [9.17, 15) is 0 Å². The van der Waals surface area contributed by atoms with Crippen LogP contribution in [0.5, 0.6) is 0 Å². The molecule has 0 amide bonds. The van der Waals surface area contributed by atoms with Gasteiger partial charge >= 0.3 is 0 Å². The fourth-order valence-electron chi connectivity index (χ4n) is 8.87. The van der Waals surface area contributed by atoms with Crippen molar-refractivity contribution in [3.8, 4) is 112 Å². The summed E-state index contributed by atoms with van der Waals surface area (Å²) in [4.78, 5) is 15.9. The Hall–Kier alpha value is -8.79. The van der Waals surface area contributed by atoms with Crippen molar-refractivity contribution < 1.29 is 0 Å². The highest BCUT2D eigenvalue weighted by Crippen LogP contribution is 2.49. The lowest BCUT2D eigenvalue weighted by Gasteiger charge is -2.23. The van der Waals surface area contributed by atoms with Crippen molar-refractivity contribution in [2.45, 2.75) is 0 Å². The Morgan fingerprint density at radius 1 is 0.182 bits per heavy atom. The maximum absolute atomic E-state index is 5.60. The van der Waals surface area contributed by atoms with Crippen LogP contribution >= 0.6 is 0 Å². The van der Waals surface area contributed by atoms with E-state index >= 15 is 0 Å². The topological polar surface area (TPSA) is 38.7 Å². The molecular weight excluding hydrogens is 799 g/mol. The summed E-state index contributed by atoms with van der Waals surface area (Å²) >= 11 is 0. The molecule has 0 spiro atoms. The van der Waals surface area contributed by atoms with Crippen molar-refractivity contribution in [1.29, 1.82) is 0 Å². The molecule has 0 bridgehead atoms. The van der Waals surface area contributed by atoms with E-state index in [0.717, 1.165) is 101 Å². The summed E-state index contributed by atoms with van der Waals surface area (Å²) in [5.74, 6) is 0.694. The SMILES string of the molecule is c1ccc(-c2cccc(-c3cc(-c4ccc(-c5ccc(-c6c(-c7ccccc7)c(-c7ccccc7)nc(-c7ccccc7)c6-c6ccccc6)cc5)cc4)nc(-c4ccccc4)n3)c2)cc1. The van der Waals surface area contributed by atoms with Crippen molar-refractivity contribution >= 4 is 0 Å². The van der Waals surface area contributed by atoms with Gasteiger partial charge in [0.15, 0.2) is 5.82 Å². The van der Waals surface area contributed by atoms with E-state index < -0.39 is 0 Å². The van der Waals surface area contributed by atoms with Crippen LogP contribution in [0.3, 0.4) is 0 Å². The molecular formula is C63H43N3. The first-order valence-corrected chi connectivity index (χ1v) is 22.3. The predicted molar refractivity (Wildman–Crippen MR) is 274 cm³/mol. The van der Waals surface area contributed by atoms with Crippen LogP contribution in [-0.4, -0.2) is 15.0 Å². The number of nitrogens with zero attached hydrogens (tertiary/aromatic N) is 3. The van der Waals surface area contributed by atoms with Gasteiger partial charge in [0, 0.05) is 44.5 Å². The molecule has 2 heterocycles. The van der Waals surface area contributed by atoms with Crippen LogP contribution < -0.4 is 0 Å². The Balaban J connectivity index is 1.02. The molecule has 2 aromatic heterocycles. The molecule has 0 aliphatic heterocycles. The summed E-state index contributed by atoms with van der Waals surface area (Å²) < 4.78 is 0. The van der Waals surface area contributed by atoms with Crippen molar-refractivity contribution in [3.05, 3.63) is 261 Å². The Kier molecular flexibility index (Phi) is 11.0. The van der Waals surface area contributed by atoms with Gasteiger partial charge in [-0.25, -0.2) is 15.0 Å². The highest BCUT2D eigenvalue weighted by atomic mass is 14.9. The molecule has 3 nitrogen and oxygen atoms in total. The standard InChI is InChI=1S/C63H43N3/c1-7-20-44(21-8-1)54-32-19-33-55(42-54)57-43-56(64-63(65-57)53-30-17-6-18-31-53)47-38-34-45(35-39-47)46-36-40-50(41-37-46)58-59(48-22-9-2-10-23-48)61(51-26-13-4-14-27-51)66-62(52-28-15-5-16-29-52)60(58)49-24-11-3-12-25-49/h1-43H. The van der Waals surface area contributed by atoms with Gasteiger partial charge in [0.1, 0.15) is 0 Å². The van der Waals surface area contributed by atoms with Gasteiger partial charge in [0.2, 0.25) is 0 Å². The number of benzene rings is 9. The van der Waals surface area contributed by atoms with Crippen LogP contribution in [0.15, 0.2) is 261 Å². The molecule has 0 atom stereocenters. The third kappa shape index (κ3) is 8.14. The second-order valence-corrected chi connectivity index (χ2v) is 16.3. The molecule has 3 heteroatoms. The van der Waals surface area contributed by atoms with Gasteiger partial charge in [-0.3, -0.25) is 0 Å². The summed E-state index contributed by atoms with van der Waals surface area (Å²) in [6.45, 7) is 0. The molecule has 9 aromatic carbocycles. The van der Waals surface area contributed by atoms with E-state index in [2.05, 4.69) is 237 Å².